The first kappa shape index (κ1) is 19.4. The fourth-order valence-corrected chi connectivity index (χ4v) is 2.46. The molecule has 0 bridgehead atoms. The summed E-state index contributed by atoms with van der Waals surface area (Å²) in [6.07, 6.45) is 1.97. The van der Waals surface area contributed by atoms with Crippen molar-refractivity contribution in [3.05, 3.63) is 59.7 Å². The molecule has 0 aliphatic rings. The fourth-order valence-electron chi connectivity index (χ4n) is 2.46. The quantitative estimate of drug-likeness (QED) is 0.295. The molecule has 0 spiro atoms. The summed E-state index contributed by atoms with van der Waals surface area (Å²) in [5, 5.41) is 0. The van der Waals surface area contributed by atoms with Crippen molar-refractivity contribution < 1.29 is 23.9 Å². The lowest BCUT2D eigenvalue weighted by Crippen LogP contribution is -2.09. The molecule has 5 heteroatoms. The van der Waals surface area contributed by atoms with Crippen molar-refractivity contribution in [3.8, 4) is 11.5 Å². The lowest BCUT2D eigenvalue weighted by atomic mass is 10.0. The van der Waals surface area contributed by atoms with Crippen molar-refractivity contribution in [1.29, 1.82) is 0 Å². The summed E-state index contributed by atoms with van der Waals surface area (Å²) >= 11 is 0. The monoisotopic (exact) mass is 354 g/mol. The number of hydrogen-bond donors (Lipinski definition) is 0. The van der Waals surface area contributed by atoms with Gasteiger partial charge in [0.25, 0.3) is 0 Å². The highest BCUT2D eigenvalue weighted by Crippen LogP contribution is 2.20. The van der Waals surface area contributed by atoms with Gasteiger partial charge in [0.15, 0.2) is 5.78 Å². The summed E-state index contributed by atoms with van der Waals surface area (Å²) in [7, 11) is 1.54. The zero-order chi connectivity index (χ0) is 18.9. The molecule has 2 aromatic carbocycles. The van der Waals surface area contributed by atoms with Gasteiger partial charge in [-0.2, -0.15) is 0 Å². The van der Waals surface area contributed by atoms with Crippen LogP contribution in [0.2, 0.25) is 0 Å². The Morgan fingerprint density at radius 3 is 2.04 bits per heavy atom. The highest BCUT2D eigenvalue weighted by molar-refractivity contribution is 6.09. The molecule has 0 amide bonds. The smallest absolute Gasteiger partial charge is 0.311 e. The second-order valence-electron chi connectivity index (χ2n) is 5.97. The molecule has 0 fully saturated rings. The summed E-state index contributed by atoms with van der Waals surface area (Å²) in [6.45, 7) is 1.53. The van der Waals surface area contributed by atoms with E-state index in [0.29, 0.717) is 41.9 Å². The average Bonchev–Trinajstić information content (AvgIpc) is 2.64. The molecule has 2 rings (SSSR count). The minimum atomic E-state index is -0.375. The number of ketones is 2. The van der Waals surface area contributed by atoms with Crippen LogP contribution in [-0.2, 0) is 9.59 Å². The first-order chi connectivity index (χ1) is 12.5. The Hall–Kier alpha value is -2.95. The number of hydrogen-bond acceptors (Lipinski definition) is 5. The van der Waals surface area contributed by atoms with E-state index in [9.17, 15) is 14.4 Å². The van der Waals surface area contributed by atoms with Crippen LogP contribution in [0.15, 0.2) is 48.5 Å². The number of methoxy groups -OCH3 is 1. The second kappa shape index (κ2) is 9.51. The van der Waals surface area contributed by atoms with Gasteiger partial charge in [-0.1, -0.05) is 24.3 Å². The van der Waals surface area contributed by atoms with E-state index in [4.69, 9.17) is 9.47 Å². The van der Waals surface area contributed by atoms with E-state index in [1.165, 1.54) is 6.92 Å². The van der Waals surface area contributed by atoms with Crippen LogP contribution in [-0.4, -0.2) is 24.6 Å². The number of Topliss-reactive ketones (excluding diaryl/α,β-unsaturated/α-hetero) is 1. The largest absolute Gasteiger partial charge is 0.497 e. The maximum Gasteiger partial charge on any atom is 0.311 e. The van der Waals surface area contributed by atoms with Gasteiger partial charge >= 0.3 is 5.97 Å². The molecule has 0 unspecified atom stereocenters. The third kappa shape index (κ3) is 5.84. The Labute approximate surface area is 152 Å². The third-order valence-electron chi connectivity index (χ3n) is 3.82. The molecule has 0 N–H and O–H groups in total. The van der Waals surface area contributed by atoms with Crippen LogP contribution < -0.4 is 9.47 Å². The van der Waals surface area contributed by atoms with E-state index >= 15 is 0 Å². The van der Waals surface area contributed by atoms with Gasteiger partial charge < -0.3 is 14.3 Å². The van der Waals surface area contributed by atoms with Gasteiger partial charge in [-0.3, -0.25) is 9.59 Å². The zero-order valence-electron chi connectivity index (χ0n) is 15.0. The maximum atomic E-state index is 12.6. The first-order valence-electron chi connectivity index (χ1n) is 8.48. The van der Waals surface area contributed by atoms with Crippen LogP contribution in [0, 0.1) is 0 Å². The average molecular weight is 354 g/mol. The van der Waals surface area contributed by atoms with Gasteiger partial charge in [0.05, 0.1) is 7.11 Å². The maximum absolute atomic E-state index is 12.6. The SMILES string of the molecule is COc1cccc(C(=O)c2cccc(OC(=O)CCCCC(C)=O)c2)c1. The summed E-state index contributed by atoms with van der Waals surface area (Å²) in [6, 6.07) is 13.4. The molecule has 0 heterocycles. The van der Waals surface area contributed by atoms with Crippen molar-refractivity contribution in [2.75, 3.05) is 7.11 Å². The summed E-state index contributed by atoms with van der Waals surface area (Å²) in [4.78, 5) is 35.4. The van der Waals surface area contributed by atoms with Crippen LogP contribution in [0.5, 0.6) is 11.5 Å². The van der Waals surface area contributed by atoms with Crippen LogP contribution in [0.1, 0.15) is 48.5 Å². The van der Waals surface area contributed by atoms with Gasteiger partial charge in [-0.05, 0) is 44.0 Å². The topological polar surface area (TPSA) is 69.7 Å². The Morgan fingerprint density at radius 1 is 0.846 bits per heavy atom. The van der Waals surface area contributed by atoms with E-state index in [-0.39, 0.29) is 24.0 Å². The molecule has 0 saturated heterocycles. The van der Waals surface area contributed by atoms with E-state index in [1.54, 1.807) is 55.6 Å². The summed E-state index contributed by atoms with van der Waals surface area (Å²) in [5.74, 6) is 0.490. The normalized spacial score (nSPS) is 10.2. The highest BCUT2D eigenvalue weighted by atomic mass is 16.5. The molecule has 0 saturated carbocycles. The number of ether oxygens (including phenoxy) is 2. The first-order valence-corrected chi connectivity index (χ1v) is 8.48. The standard InChI is InChI=1S/C21H22O5/c1-15(22)7-3-4-12-20(23)26-19-11-6-9-17(14-19)21(24)16-8-5-10-18(13-16)25-2/h5-6,8-11,13-14H,3-4,7,12H2,1-2H3. The molecule has 0 radical (unpaired) electrons. The van der Waals surface area contributed by atoms with E-state index in [1.807, 2.05) is 0 Å². The van der Waals surface area contributed by atoms with Crippen molar-refractivity contribution >= 4 is 17.5 Å². The Kier molecular flexibility index (Phi) is 7.09. The summed E-state index contributed by atoms with van der Waals surface area (Å²) in [5.41, 5.74) is 0.928. The number of rotatable bonds is 9. The number of unbranched alkanes of at least 4 members (excludes halogenated alkanes) is 1. The van der Waals surface area contributed by atoms with Gasteiger partial charge in [-0.25, -0.2) is 0 Å². The number of carbonyl (C=O) groups is 3. The molecule has 2 aromatic rings. The lowest BCUT2D eigenvalue weighted by Gasteiger charge is -2.07. The van der Waals surface area contributed by atoms with E-state index < -0.39 is 0 Å². The number of carbonyl (C=O) groups excluding carboxylic acids is 3. The van der Waals surface area contributed by atoms with Crippen molar-refractivity contribution in [1.82, 2.24) is 0 Å². The molecule has 26 heavy (non-hydrogen) atoms. The minimum absolute atomic E-state index is 0.113. The Morgan fingerprint density at radius 2 is 1.42 bits per heavy atom. The Balaban J connectivity index is 1.99. The highest BCUT2D eigenvalue weighted by Gasteiger charge is 2.12. The van der Waals surface area contributed by atoms with Gasteiger partial charge in [0, 0.05) is 24.0 Å². The van der Waals surface area contributed by atoms with E-state index in [0.717, 1.165) is 0 Å². The predicted octanol–water partition coefficient (Wildman–Crippen LogP) is 3.98. The van der Waals surface area contributed by atoms with Crippen molar-refractivity contribution in [3.63, 3.8) is 0 Å². The van der Waals surface area contributed by atoms with Crippen LogP contribution >= 0.6 is 0 Å². The number of esters is 1. The van der Waals surface area contributed by atoms with Crippen molar-refractivity contribution in [2.45, 2.75) is 32.6 Å². The van der Waals surface area contributed by atoms with Gasteiger partial charge in [-0.15, -0.1) is 0 Å². The molecular formula is C21H22O5. The molecule has 0 aliphatic heterocycles. The fraction of sp³-hybridized carbons (Fsp3) is 0.286. The molecule has 136 valence electrons. The Bertz CT molecular complexity index is 794. The summed E-state index contributed by atoms with van der Waals surface area (Å²) < 4.78 is 10.4. The molecule has 0 atom stereocenters. The minimum Gasteiger partial charge on any atom is -0.497 e. The van der Waals surface area contributed by atoms with Gasteiger partial charge in [0.2, 0.25) is 0 Å². The predicted molar refractivity (Wildman–Crippen MR) is 97.7 cm³/mol. The van der Waals surface area contributed by atoms with Crippen LogP contribution in [0.4, 0.5) is 0 Å². The molecular weight excluding hydrogens is 332 g/mol. The molecule has 0 aliphatic carbocycles. The second-order valence-corrected chi connectivity index (χ2v) is 5.97. The zero-order valence-corrected chi connectivity index (χ0v) is 15.0. The molecule has 5 nitrogen and oxygen atoms in total. The van der Waals surface area contributed by atoms with E-state index in [2.05, 4.69) is 0 Å². The lowest BCUT2D eigenvalue weighted by molar-refractivity contribution is -0.134. The number of benzene rings is 2. The molecule has 0 aromatic heterocycles. The third-order valence-corrected chi connectivity index (χ3v) is 3.82. The van der Waals surface area contributed by atoms with Crippen LogP contribution in [0.3, 0.4) is 0 Å². The van der Waals surface area contributed by atoms with Crippen LogP contribution in [0.25, 0.3) is 0 Å². The van der Waals surface area contributed by atoms with Crippen molar-refractivity contribution in [2.24, 2.45) is 0 Å². The van der Waals surface area contributed by atoms with Gasteiger partial charge in [0.1, 0.15) is 17.3 Å².